The molecule has 1 amide bonds. The average Bonchev–Trinajstić information content (AvgIpc) is 2.77. The standard InChI is InChI=1S/C13H9F3N4O/c1-20-7-8(6-17)11(19-20)18-12(21)9-4-2-3-5-10(9)13(14,15)16/h2-5,7H,1H3,(H,18,19,21). The van der Waals surface area contributed by atoms with E-state index in [2.05, 4.69) is 10.4 Å². The van der Waals surface area contributed by atoms with Gasteiger partial charge in [-0.2, -0.15) is 23.5 Å². The Hall–Kier alpha value is -2.82. The molecule has 1 aromatic heterocycles. The highest BCUT2D eigenvalue weighted by Gasteiger charge is 2.35. The average molecular weight is 294 g/mol. The highest BCUT2D eigenvalue weighted by molar-refractivity contribution is 6.05. The molecule has 108 valence electrons. The number of benzene rings is 1. The molecule has 0 unspecified atom stereocenters. The van der Waals surface area contributed by atoms with E-state index >= 15 is 0 Å². The van der Waals surface area contributed by atoms with Crippen LogP contribution in [0.5, 0.6) is 0 Å². The van der Waals surface area contributed by atoms with Crippen molar-refractivity contribution in [2.45, 2.75) is 6.18 Å². The Morgan fingerprint density at radius 3 is 2.67 bits per heavy atom. The van der Waals surface area contributed by atoms with E-state index in [-0.39, 0.29) is 11.4 Å². The van der Waals surface area contributed by atoms with Gasteiger partial charge in [-0.25, -0.2) is 0 Å². The summed E-state index contributed by atoms with van der Waals surface area (Å²) in [6, 6.07) is 6.20. The minimum atomic E-state index is -4.64. The molecule has 0 aliphatic heterocycles. The summed E-state index contributed by atoms with van der Waals surface area (Å²) < 4.78 is 39.8. The maximum atomic E-state index is 12.8. The van der Waals surface area contributed by atoms with Gasteiger partial charge < -0.3 is 5.32 Å². The van der Waals surface area contributed by atoms with Crippen LogP contribution in [0.3, 0.4) is 0 Å². The molecule has 0 saturated heterocycles. The summed E-state index contributed by atoms with van der Waals surface area (Å²) >= 11 is 0. The number of rotatable bonds is 2. The summed E-state index contributed by atoms with van der Waals surface area (Å²) in [6.07, 6.45) is -3.29. The molecular formula is C13H9F3N4O. The lowest BCUT2D eigenvalue weighted by Gasteiger charge is -2.11. The fourth-order valence-electron chi connectivity index (χ4n) is 1.77. The molecule has 1 heterocycles. The summed E-state index contributed by atoms with van der Waals surface area (Å²) in [4.78, 5) is 12.0. The van der Waals surface area contributed by atoms with Crippen LogP contribution in [0.2, 0.25) is 0 Å². The van der Waals surface area contributed by atoms with Crippen LogP contribution < -0.4 is 5.32 Å². The second kappa shape index (κ2) is 5.28. The number of amides is 1. The number of halogens is 3. The van der Waals surface area contributed by atoms with Gasteiger partial charge in [0.15, 0.2) is 5.82 Å². The number of carbonyl (C=O) groups excluding carboxylic acids is 1. The largest absolute Gasteiger partial charge is 0.417 e. The summed E-state index contributed by atoms with van der Waals surface area (Å²) in [7, 11) is 1.53. The van der Waals surface area contributed by atoms with E-state index in [1.165, 1.54) is 30.1 Å². The Morgan fingerprint density at radius 2 is 2.05 bits per heavy atom. The number of hydrogen-bond acceptors (Lipinski definition) is 3. The third-order valence-corrected chi connectivity index (χ3v) is 2.66. The number of carbonyl (C=O) groups is 1. The molecule has 0 spiro atoms. The van der Waals surface area contributed by atoms with E-state index < -0.39 is 23.2 Å². The molecule has 0 aliphatic rings. The van der Waals surface area contributed by atoms with Gasteiger partial charge in [-0.3, -0.25) is 9.48 Å². The Balaban J connectivity index is 2.36. The molecule has 0 saturated carbocycles. The van der Waals surface area contributed by atoms with Crippen molar-refractivity contribution in [1.29, 1.82) is 5.26 Å². The second-order valence-electron chi connectivity index (χ2n) is 4.17. The molecule has 2 rings (SSSR count). The number of hydrogen-bond donors (Lipinski definition) is 1. The number of nitriles is 1. The fourth-order valence-corrected chi connectivity index (χ4v) is 1.77. The van der Waals surface area contributed by atoms with Gasteiger partial charge in [0.2, 0.25) is 0 Å². The number of nitrogens with zero attached hydrogens (tertiary/aromatic N) is 3. The van der Waals surface area contributed by atoms with Gasteiger partial charge >= 0.3 is 6.18 Å². The summed E-state index contributed by atoms with van der Waals surface area (Å²) in [5.74, 6) is -1.06. The topological polar surface area (TPSA) is 70.7 Å². The van der Waals surface area contributed by atoms with Crippen molar-refractivity contribution in [1.82, 2.24) is 9.78 Å². The maximum absolute atomic E-state index is 12.8. The van der Waals surface area contributed by atoms with Crippen molar-refractivity contribution in [3.05, 3.63) is 47.2 Å². The first-order chi connectivity index (χ1) is 9.82. The van der Waals surface area contributed by atoms with Crippen molar-refractivity contribution < 1.29 is 18.0 Å². The molecule has 0 aliphatic carbocycles. The van der Waals surface area contributed by atoms with Gasteiger partial charge in [0.05, 0.1) is 11.1 Å². The Kier molecular flexibility index (Phi) is 3.67. The molecule has 0 fully saturated rings. The number of aryl methyl sites for hydroxylation is 1. The fraction of sp³-hybridized carbons (Fsp3) is 0.154. The van der Waals surface area contributed by atoms with E-state index in [4.69, 9.17) is 5.26 Å². The van der Waals surface area contributed by atoms with Gasteiger partial charge in [-0.05, 0) is 12.1 Å². The zero-order chi connectivity index (χ0) is 15.6. The molecule has 21 heavy (non-hydrogen) atoms. The molecule has 0 bridgehead atoms. The minimum Gasteiger partial charge on any atom is -0.304 e. The number of nitrogens with one attached hydrogen (secondary N) is 1. The summed E-state index contributed by atoms with van der Waals surface area (Å²) in [6.45, 7) is 0. The van der Waals surface area contributed by atoms with Gasteiger partial charge in [0.1, 0.15) is 11.6 Å². The first-order valence-electron chi connectivity index (χ1n) is 5.74. The summed E-state index contributed by atoms with van der Waals surface area (Å²) in [5.41, 5.74) is -1.51. The summed E-state index contributed by atoms with van der Waals surface area (Å²) in [5, 5.41) is 14.9. The predicted molar refractivity (Wildman–Crippen MR) is 67.3 cm³/mol. The lowest BCUT2D eigenvalue weighted by Crippen LogP contribution is -2.19. The molecule has 0 atom stereocenters. The van der Waals surface area contributed by atoms with Crippen LogP contribution >= 0.6 is 0 Å². The van der Waals surface area contributed by atoms with Gasteiger partial charge in [0.25, 0.3) is 5.91 Å². The lowest BCUT2D eigenvalue weighted by atomic mass is 10.1. The predicted octanol–water partition coefficient (Wildman–Crippen LogP) is 2.56. The van der Waals surface area contributed by atoms with Crippen LogP contribution in [0.1, 0.15) is 21.5 Å². The van der Waals surface area contributed by atoms with Gasteiger partial charge in [-0.1, -0.05) is 12.1 Å². The third kappa shape index (κ3) is 3.02. The highest BCUT2D eigenvalue weighted by atomic mass is 19.4. The monoisotopic (exact) mass is 294 g/mol. The van der Waals surface area contributed by atoms with Crippen molar-refractivity contribution >= 4 is 11.7 Å². The Labute approximate surface area is 117 Å². The molecule has 1 aromatic carbocycles. The molecule has 2 aromatic rings. The van der Waals surface area contributed by atoms with Crippen LogP contribution in [-0.4, -0.2) is 15.7 Å². The number of alkyl halides is 3. The highest BCUT2D eigenvalue weighted by Crippen LogP contribution is 2.32. The van der Waals surface area contributed by atoms with Crippen molar-refractivity contribution in [2.24, 2.45) is 7.05 Å². The van der Waals surface area contributed by atoms with Crippen molar-refractivity contribution in [3.8, 4) is 6.07 Å². The number of aromatic nitrogens is 2. The maximum Gasteiger partial charge on any atom is 0.417 e. The van der Waals surface area contributed by atoms with E-state index in [1.807, 2.05) is 0 Å². The normalized spacial score (nSPS) is 11.0. The van der Waals surface area contributed by atoms with Gasteiger partial charge in [-0.15, -0.1) is 0 Å². The van der Waals surface area contributed by atoms with Crippen LogP contribution in [0, 0.1) is 11.3 Å². The SMILES string of the molecule is Cn1cc(C#N)c(NC(=O)c2ccccc2C(F)(F)F)n1. The smallest absolute Gasteiger partial charge is 0.304 e. The number of anilines is 1. The molecular weight excluding hydrogens is 285 g/mol. The van der Waals surface area contributed by atoms with E-state index in [1.54, 1.807) is 6.07 Å². The quantitative estimate of drug-likeness (QED) is 0.925. The van der Waals surface area contributed by atoms with E-state index in [0.29, 0.717) is 0 Å². The zero-order valence-corrected chi connectivity index (χ0v) is 10.8. The van der Waals surface area contributed by atoms with Crippen molar-refractivity contribution in [3.63, 3.8) is 0 Å². The Morgan fingerprint density at radius 1 is 1.38 bits per heavy atom. The second-order valence-corrected chi connectivity index (χ2v) is 4.17. The van der Waals surface area contributed by atoms with E-state index in [0.717, 1.165) is 12.1 Å². The Bertz CT molecular complexity index is 728. The van der Waals surface area contributed by atoms with Crippen molar-refractivity contribution in [2.75, 3.05) is 5.32 Å². The molecule has 1 N–H and O–H groups in total. The minimum absolute atomic E-state index is 0.0651. The first-order valence-corrected chi connectivity index (χ1v) is 5.74. The molecule has 0 radical (unpaired) electrons. The van der Waals surface area contributed by atoms with Crippen LogP contribution in [-0.2, 0) is 13.2 Å². The van der Waals surface area contributed by atoms with Crippen LogP contribution in [0.25, 0.3) is 0 Å². The molecule has 8 heteroatoms. The molecule has 5 nitrogen and oxygen atoms in total. The van der Waals surface area contributed by atoms with Gasteiger partial charge in [0, 0.05) is 13.2 Å². The lowest BCUT2D eigenvalue weighted by molar-refractivity contribution is -0.137. The van der Waals surface area contributed by atoms with E-state index in [9.17, 15) is 18.0 Å². The zero-order valence-electron chi connectivity index (χ0n) is 10.8. The van der Waals surface area contributed by atoms with Crippen LogP contribution in [0.4, 0.5) is 19.0 Å². The first kappa shape index (κ1) is 14.6. The van der Waals surface area contributed by atoms with Crippen LogP contribution in [0.15, 0.2) is 30.5 Å². The third-order valence-electron chi connectivity index (χ3n) is 2.66.